The summed E-state index contributed by atoms with van der Waals surface area (Å²) in [6.07, 6.45) is 3.45. The predicted molar refractivity (Wildman–Crippen MR) is 74.9 cm³/mol. The molecule has 5 heteroatoms. The maximum Gasteiger partial charge on any atom is 0.335 e. The molecule has 2 N–H and O–H groups in total. The van der Waals surface area contributed by atoms with Crippen LogP contribution in [0.3, 0.4) is 0 Å². The van der Waals surface area contributed by atoms with Gasteiger partial charge in [0.05, 0.1) is 28.7 Å². The average Bonchev–Trinajstić information content (AvgIpc) is 2.74. The van der Waals surface area contributed by atoms with E-state index in [0.29, 0.717) is 0 Å². The Labute approximate surface area is 116 Å². The van der Waals surface area contributed by atoms with Gasteiger partial charge in [0, 0.05) is 0 Å². The third kappa shape index (κ3) is 2.08. The first-order valence-corrected chi connectivity index (χ1v) is 6.98. The summed E-state index contributed by atoms with van der Waals surface area (Å²) in [6, 6.07) is 4.95. The van der Waals surface area contributed by atoms with E-state index >= 15 is 0 Å². The SMILES string of the molecule is Cc1nc2ccc(C(=O)O)cc2n1C1CCCCC1O. The van der Waals surface area contributed by atoms with Crippen LogP contribution >= 0.6 is 0 Å². The van der Waals surface area contributed by atoms with Gasteiger partial charge in [-0.15, -0.1) is 0 Å². The van der Waals surface area contributed by atoms with Gasteiger partial charge in [0.2, 0.25) is 0 Å². The number of carbonyl (C=O) groups is 1. The molecular weight excluding hydrogens is 256 g/mol. The first-order chi connectivity index (χ1) is 9.58. The summed E-state index contributed by atoms with van der Waals surface area (Å²) in [6.45, 7) is 1.90. The van der Waals surface area contributed by atoms with E-state index in [2.05, 4.69) is 4.98 Å². The van der Waals surface area contributed by atoms with Crippen molar-refractivity contribution in [3.05, 3.63) is 29.6 Å². The van der Waals surface area contributed by atoms with Crippen LogP contribution in [0, 0.1) is 6.92 Å². The van der Waals surface area contributed by atoms with Crippen molar-refractivity contribution >= 4 is 17.0 Å². The van der Waals surface area contributed by atoms with Crippen LogP contribution in [0.1, 0.15) is 47.9 Å². The van der Waals surface area contributed by atoms with Crippen molar-refractivity contribution in [2.24, 2.45) is 0 Å². The summed E-state index contributed by atoms with van der Waals surface area (Å²) in [5, 5.41) is 19.4. The number of aromatic carboxylic acids is 1. The summed E-state index contributed by atoms with van der Waals surface area (Å²) in [4.78, 5) is 15.6. The number of aryl methyl sites for hydroxylation is 1. The van der Waals surface area contributed by atoms with Crippen LogP contribution < -0.4 is 0 Å². The zero-order chi connectivity index (χ0) is 14.3. The number of aliphatic hydroxyl groups excluding tert-OH is 1. The predicted octanol–water partition coefficient (Wildman–Crippen LogP) is 2.52. The van der Waals surface area contributed by atoms with Gasteiger partial charge < -0.3 is 14.8 Å². The van der Waals surface area contributed by atoms with Crippen LogP contribution in [0.2, 0.25) is 0 Å². The summed E-state index contributed by atoms with van der Waals surface area (Å²) < 4.78 is 2.01. The van der Waals surface area contributed by atoms with Gasteiger partial charge in [0.1, 0.15) is 5.82 Å². The minimum Gasteiger partial charge on any atom is -0.478 e. The van der Waals surface area contributed by atoms with Crippen LogP contribution in [0.5, 0.6) is 0 Å². The number of nitrogens with zero attached hydrogens (tertiary/aromatic N) is 2. The summed E-state index contributed by atoms with van der Waals surface area (Å²) in [5.41, 5.74) is 1.84. The number of aromatic nitrogens is 2. The number of carboxylic acids is 1. The van der Waals surface area contributed by atoms with E-state index in [4.69, 9.17) is 5.11 Å². The molecule has 1 aromatic carbocycles. The first kappa shape index (κ1) is 13.1. The van der Waals surface area contributed by atoms with Crippen LogP contribution in [0.15, 0.2) is 18.2 Å². The molecule has 0 saturated heterocycles. The van der Waals surface area contributed by atoms with Crippen molar-refractivity contribution < 1.29 is 15.0 Å². The van der Waals surface area contributed by atoms with Gasteiger partial charge in [-0.1, -0.05) is 12.8 Å². The molecule has 1 aliphatic rings. The second-order valence-electron chi connectivity index (χ2n) is 5.46. The number of hydrogen-bond acceptors (Lipinski definition) is 3. The number of fused-ring (bicyclic) bond motifs is 1. The van der Waals surface area contributed by atoms with Crippen molar-refractivity contribution in [2.45, 2.75) is 44.8 Å². The zero-order valence-electron chi connectivity index (χ0n) is 11.4. The van der Waals surface area contributed by atoms with Gasteiger partial charge in [-0.05, 0) is 38.0 Å². The number of benzene rings is 1. The summed E-state index contributed by atoms with van der Waals surface area (Å²) in [7, 11) is 0. The smallest absolute Gasteiger partial charge is 0.335 e. The number of aliphatic hydroxyl groups is 1. The first-order valence-electron chi connectivity index (χ1n) is 6.98. The fraction of sp³-hybridized carbons (Fsp3) is 0.467. The molecule has 1 heterocycles. The van der Waals surface area contributed by atoms with Gasteiger partial charge >= 0.3 is 5.97 Å². The highest BCUT2D eigenvalue weighted by atomic mass is 16.4. The molecule has 1 aliphatic carbocycles. The Bertz CT molecular complexity index is 662. The number of carboxylic acid groups (broad SMARTS) is 1. The second-order valence-corrected chi connectivity index (χ2v) is 5.46. The molecule has 0 spiro atoms. The van der Waals surface area contributed by atoms with E-state index in [0.717, 1.165) is 42.5 Å². The van der Waals surface area contributed by atoms with Crippen molar-refractivity contribution in [2.75, 3.05) is 0 Å². The molecule has 0 bridgehead atoms. The van der Waals surface area contributed by atoms with E-state index in [1.807, 2.05) is 11.5 Å². The van der Waals surface area contributed by atoms with E-state index < -0.39 is 5.97 Å². The number of hydrogen-bond donors (Lipinski definition) is 2. The van der Waals surface area contributed by atoms with Crippen molar-refractivity contribution in [1.29, 1.82) is 0 Å². The number of rotatable bonds is 2. The fourth-order valence-electron chi connectivity index (χ4n) is 3.16. The summed E-state index contributed by atoms with van der Waals surface area (Å²) >= 11 is 0. The van der Waals surface area contributed by atoms with Crippen LogP contribution in [0.4, 0.5) is 0 Å². The number of imidazole rings is 1. The molecule has 3 rings (SSSR count). The topological polar surface area (TPSA) is 75.3 Å². The Hall–Kier alpha value is -1.88. The third-order valence-electron chi connectivity index (χ3n) is 4.14. The lowest BCUT2D eigenvalue weighted by atomic mass is 9.92. The molecule has 1 fully saturated rings. The molecule has 2 atom stereocenters. The van der Waals surface area contributed by atoms with Crippen molar-refractivity contribution in [1.82, 2.24) is 9.55 Å². The molecule has 1 saturated carbocycles. The highest BCUT2D eigenvalue weighted by Crippen LogP contribution is 2.33. The molecule has 0 amide bonds. The van der Waals surface area contributed by atoms with Crippen molar-refractivity contribution in [3.63, 3.8) is 0 Å². The Kier molecular flexibility index (Phi) is 3.22. The molecule has 0 aliphatic heterocycles. The molecule has 106 valence electrons. The molecule has 2 aromatic rings. The van der Waals surface area contributed by atoms with Crippen molar-refractivity contribution in [3.8, 4) is 0 Å². The Morgan fingerprint density at radius 1 is 1.35 bits per heavy atom. The van der Waals surface area contributed by atoms with Gasteiger partial charge in [0.15, 0.2) is 0 Å². The molecule has 2 unspecified atom stereocenters. The van der Waals surface area contributed by atoms with Gasteiger partial charge in [-0.3, -0.25) is 0 Å². The maximum atomic E-state index is 11.1. The van der Waals surface area contributed by atoms with E-state index in [9.17, 15) is 9.90 Å². The standard InChI is InChI=1S/C15H18N2O3/c1-9-16-11-7-6-10(15(19)20)8-13(11)17(9)12-4-2-3-5-14(12)18/h6-8,12,14,18H,2-5H2,1H3,(H,19,20). The monoisotopic (exact) mass is 274 g/mol. The lowest BCUT2D eigenvalue weighted by Crippen LogP contribution is -2.28. The average molecular weight is 274 g/mol. The van der Waals surface area contributed by atoms with Gasteiger partial charge in [-0.2, -0.15) is 0 Å². The quantitative estimate of drug-likeness (QED) is 0.882. The zero-order valence-corrected chi connectivity index (χ0v) is 11.4. The molecule has 20 heavy (non-hydrogen) atoms. The third-order valence-corrected chi connectivity index (χ3v) is 4.14. The molecular formula is C15H18N2O3. The Balaban J connectivity index is 2.15. The lowest BCUT2D eigenvalue weighted by Gasteiger charge is -2.30. The summed E-state index contributed by atoms with van der Waals surface area (Å²) in [5.74, 6) is -0.116. The van der Waals surface area contributed by atoms with E-state index in [1.54, 1.807) is 18.2 Å². The van der Waals surface area contributed by atoms with Gasteiger partial charge in [-0.25, -0.2) is 9.78 Å². The fourth-order valence-corrected chi connectivity index (χ4v) is 3.16. The minimum absolute atomic E-state index is 0.00204. The molecule has 5 nitrogen and oxygen atoms in total. The minimum atomic E-state index is -0.943. The Morgan fingerprint density at radius 3 is 2.80 bits per heavy atom. The molecule has 0 radical (unpaired) electrons. The maximum absolute atomic E-state index is 11.1. The van der Waals surface area contributed by atoms with Crippen LogP contribution in [0.25, 0.3) is 11.0 Å². The highest BCUT2D eigenvalue weighted by molar-refractivity contribution is 5.92. The second kappa shape index (κ2) is 4.90. The van der Waals surface area contributed by atoms with E-state index in [1.165, 1.54) is 0 Å². The normalized spacial score (nSPS) is 23.1. The van der Waals surface area contributed by atoms with Gasteiger partial charge in [0.25, 0.3) is 0 Å². The van der Waals surface area contributed by atoms with Crippen LogP contribution in [-0.2, 0) is 0 Å². The highest BCUT2D eigenvalue weighted by Gasteiger charge is 2.27. The lowest BCUT2D eigenvalue weighted by molar-refractivity contribution is 0.0697. The molecule has 1 aromatic heterocycles. The van der Waals surface area contributed by atoms with Crippen LogP contribution in [-0.4, -0.2) is 31.8 Å². The van der Waals surface area contributed by atoms with E-state index in [-0.39, 0.29) is 17.7 Å². The largest absolute Gasteiger partial charge is 0.478 e. The Morgan fingerprint density at radius 2 is 2.10 bits per heavy atom.